The van der Waals surface area contributed by atoms with E-state index < -0.39 is 0 Å². The number of aryl methyl sites for hydroxylation is 2. The Balaban J connectivity index is 1.27. The van der Waals surface area contributed by atoms with Crippen LogP contribution in [0.25, 0.3) is 0 Å². The first-order valence-electron chi connectivity index (χ1n) is 10.5. The minimum atomic E-state index is 0.779. The van der Waals surface area contributed by atoms with Crippen LogP contribution in [0.4, 0.5) is 0 Å². The number of hydrogen-bond acceptors (Lipinski definition) is 3. The van der Waals surface area contributed by atoms with E-state index in [4.69, 9.17) is 4.74 Å². The van der Waals surface area contributed by atoms with Gasteiger partial charge in [0.25, 0.3) is 0 Å². The van der Waals surface area contributed by atoms with Gasteiger partial charge in [0.1, 0.15) is 12.4 Å². The SMILES string of the molecule is CCCc1ccc(OCCN2CCN(CCCc3ccccc3)CC2)cc1. The summed E-state index contributed by atoms with van der Waals surface area (Å²) < 4.78 is 5.93. The van der Waals surface area contributed by atoms with E-state index in [2.05, 4.69) is 71.3 Å². The molecule has 1 saturated heterocycles. The van der Waals surface area contributed by atoms with E-state index in [0.717, 1.165) is 38.4 Å². The minimum absolute atomic E-state index is 0.779. The maximum atomic E-state index is 5.93. The largest absolute Gasteiger partial charge is 0.492 e. The molecule has 27 heavy (non-hydrogen) atoms. The number of nitrogens with zero attached hydrogens (tertiary/aromatic N) is 2. The summed E-state index contributed by atoms with van der Waals surface area (Å²) in [6.45, 7) is 9.90. The molecule has 0 atom stereocenters. The second-order valence-electron chi connectivity index (χ2n) is 7.51. The van der Waals surface area contributed by atoms with Gasteiger partial charge in [-0.25, -0.2) is 0 Å². The van der Waals surface area contributed by atoms with Crippen molar-refractivity contribution in [2.45, 2.75) is 32.6 Å². The molecule has 1 aliphatic rings. The van der Waals surface area contributed by atoms with E-state index in [9.17, 15) is 0 Å². The van der Waals surface area contributed by atoms with Crippen molar-refractivity contribution >= 4 is 0 Å². The Labute approximate surface area is 164 Å². The van der Waals surface area contributed by atoms with Gasteiger partial charge in [-0.2, -0.15) is 0 Å². The zero-order chi connectivity index (χ0) is 18.7. The molecular weight excluding hydrogens is 332 g/mol. The van der Waals surface area contributed by atoms with Gasteiger partial charge in [-0.1, -0.05) is 55.8 Å². The van der Waals surface area contributed by atoms with Crippen LogP contribution in [0.3, 0.4) is 0 Å². The van der Waals surface area contributed by atoms with Gasteiger partial charge in [0.2, 0.25) is 0 Å². The second kappa shape index (κ2) is 11.1. The van der Waals surface area contributed by atoms with E-state index in [-0.39, 0.29) is 0 Å². The molecule has 0 saturated carbocycles. The standard InChI is InChI=1S/C24H34N2O/c1-2-7-22-11-13-24(14-12-22)27-21-20-26-18-16-25(17-19-26)15-6-10-23-8-4-3-5-9-23/h3-5,8-9,11-14H,2,6-7,10,15-21H2,1H3. The van der Waals surface area contributed by atoms with Gasteiger partial charge in [0.15, 0.2) is 0 Å². The third-order valence-electron chi connectivity index (χ3n) is 5.39. The molecule has 2 aromatic rings. The fourth-order valence-electron chi connectivity index (χ4n) is 3.72. The molecule has 2 aromatic carbocycles. The Bertz CT molecular complexity index is 633. The van der Waals surface area contributed by atoms with Crippen LogP contribution >= 0.6 is 0 Å². The van der Waals surface area contributed by atoms with Gasteiger partial charge >= 0.3 is 0 Å². The summed E-state index contributed by atoms with van der Waals surface area (Å²) in [5.74, 6) is 0.995. The molecule has 146 valence electrons. The molecule has 1 fully saturated rings. The number of piperazine rings is 1. The van der Waals surface area contributed by atoms with Crippen LogP contribution in [0, 0.1) is 0 Å². The number of ether oxygens (including phenoxy) is 1. The minimum Gasteiger partial charge on any atom is -0.492 e. The first kappa shape index (κ1) is 19.9. The van der Waals surface area contributed by atoms with Gasteiger partial charge in [-0.3, -0.25) is 4.90 Å². The molecule has 0 N–H and O–H groups in total. The quantitative estimate of drug-likeness (QED) is 0.625. The summed E-state index contributed by atoms with van der Waals surface area (Å²) in [5, 5.41) is 0. The highest BCUT2D eigenvalue weighted by Crippen LogP contribution is 2.13. The summed E-state index contributed by atoms with van der Waals surface area (Å²) in [6, 6.07) is 19.4. The molecule has 0 aliphatic carbocycles. The normalized spacial score (nSPS) is 15.7. The highest BCUT2D eigenvalue weighted by atomic mass is 16.5. The lowest BCUT2D eigenvalue weighted by molar-refractivity contribution is 0.116. The monoisotopic (exact) mass is 366 g/mol. The average Bonchev–Trinajstić information content (AvgIpc) is 2.72. The van der Waals surface area contributed by atoms with Crippen molar-refractivity contribution in [1.29, 1.82) is 0 Å². The van der Waals surface area contributed by atoms with Crippen LogP contribution in [0.1, 0.15) is 30.9 Å². The van der Waals surface area contributed by atoms with Gasteiger partial charge in [-0.15, -0.1) is 0 Å². The number of benzene rings is 2. The molecule has 0 amide bonds. The van der Waals surface area contributed by atoms with E-state index in [1.807, 2.05) is 0 Å². The average molecular weight is 367 g/mol. The predicted molar refractivity (Wildman–Crippen MR) is 114 cm³/mol. The van der Waals surface area contributed by atoms with Gasteiger partial charge in [-0.05, 0) is 49.1 Å². The Morgan fingerprint density at radius 1 is 0.741 bits per heavy atom. The molecule has 3 heteroatoms. The maximum absolute atomic E-state index is 5.93. The van der Waals surface area contributed by atoms with Crippen LogP contribution in [-0.2, 0) is 12.8 Å². The molecule has 1 aliphatic heterocycles. The van der Waals surface area contributed by atoms with Crippen LogP contribution in [0.5, 0.6) is 5.75 Å². The molecule has 0 unspecified atom stereocenters. The summed E-state index contributed by atoms with van der Waals surface area (Å²) in [6.07, 6.45) is 4.78. The summed E-state index contributed by atoms with van der Waals surface area (Å²) >= 11 is 0. The zero-order valence-electron chi connectivity index (χ0n) is 16.8. The van der Waals surface area contributed by atoms with E-state index in [1.165, 1.54) is 50.0 Å². The van der Waals surface area contributed by atoms with Crippen molar-refractivity contribution in [2.75, 3.05) is 45.9 Å². The van der Waals surface area contributed by atoms with E-state index in [0.29, 0.717) is 0 Å². The third-order valence-corrected chi connectivity index (χ3v) is 5.39. The van der Waals surface area contributed by atoms with Crippen LogP contribution in [-0.4, -0.2) is 55.7 Å². The molecule has 1 heterocycles. The van der Waals surface area contributed by atoms with Gasteiger partial charge < -0.3 is 9.64 Å². The van der Waals surface area contributed by atoms with Crippen molar-refractivity contribution in [3.63, 3.8) is 0 Å². The summed E-state index contributed by atoms with van der Waals surface area (Å²) in [7, 11) is 0. The Kier molecular flexibility index (Phi) is 8.19. The Hall–Kier alpha value is -1.84. The predicted octanol–water partition coefficient (Wildman–Crippen LogP) is 4.27. The van der Waals surface area contributed by atoms with Crippen molar-refractivity contribution in [3.05, 3.63) is 65.7 Å². The third kappa shape index (κ3) is 7.00. The highest BCUT2D eigenvalue weighted by Gasteiger charge is 2.16. The molecule has 0 bridgehead atoms. The lowest BCUT2D eigenvalue weighted by Crippen LogP contribution is -2.47. The fraction of sp³-hybridized carbons (Fsp3) is 0.500. The highest BCUT2D eigenvalue weighted by molar-refractivity contribution is 5.27. The van der Waals surface area contributed by atoms with Crippen molar-refractivity contribution in [3.8, 4) is 5.75 Å². The van der Waals surface area contributed by atoms with Crippen molar-refractivity contribution in [1.82, 2.24) is 9.80 Å². The van der Waals surface area contributed by atoms with Crippen LogP contribution in [0.2, 0.25) is 0 Å². The van der Waals surface area contributed by atoms with Gasteiger partial charge in [0, 0.05) is 32.7 Å². The molecule has 0 spiro atoms. The Morgan fingerprint density at radius 2 is 1.37 bits per heavy atom. The van der Waals surface area contributed by atoms with Gasteiger partial charge in [0.05, 0.1) is 0 Å². The molecule has 3 nitrogen and oxygen atoms in total. The fourth-order valence-corrected chi connectivity index (χ4v) is 3.72. The second-order valence-corrected chi connectivity index (χ2v) is 7.51. The van der Waals surface area contributed by atoms with Crippen LogP contribution in [0.15, 0.2) is 54.6 Å². The molecule has 0 radical (unpaired) electrons. The Morgan fingerprint density at radius 3 is 2.04 bits per heavy atom. The first-order valence-corrected chi connectivity index (χ1v) is 10.5. The van der Waals surface area contributed by atoms with E-state index >= 15 is 0 Å². The van der Waals surface area contributed by atoms with Crippen molar-refractivity contribution < 1.29 is 4.74 Å². The molecule has 0 aromatic heterocycles. The smallest absolute Gasteiger partial charge is 0.119 e. The first-order chi connectivity index (χ1) is 13.3. The lowest BCUT2D eigenvalue weighted by atomic mass is 10.1. The van der Waals surface area contributed by atoms with E-state index in [1.54, 1.807) is 0 Å². The molecule has 3 rings (SSSR count). The topological polar surface area (TPSA) is 15.7 Å². The summed E-state index contributed by atoms with van der Waals surface area (Å²) in [5.41, 5.74) is 2.85. The number of hydrogen-bond donors (Lipinski definition) is 0. The lowest BCUT2D eigenvalue weighted by Gasteiger charge is -2.34. The summed E-state index contributed by atoms with van der Waals surface area (Å²) in [4.78, 5) is 5.13. The van der Waals surface area contributed by atoms with Crippen molar-refractivity contribution in [2.24, 2.45) is 0 Å². The molecular formula is C24H34N2O. The maximum Gasteiger partial charge on any atom is 0.119 e. The zero-order valence-corrected chi connectivity index (χ0v) is 16.8. The number of rotatable bonds is 10. The van der Waals surface area contributed by atoms with Crippen LogP contribution < -0.4 is 4.74 Å².